The van der Waals surface area contributed by atoms with Crippen molar-refractivity contribution in [3.8, 4) is 0 Å². The van der Waals surface area contributed by atoms with Gasteiger partial charge in [0, 0.05) is 0 Å². The fraction of sp³-hybridized carbons (Fsp3) is 0.846. The van der Waals surface area contributed by atoms with Gasteiger partial charge in [-0.3, -0.25) is 0 Å². The highest BCUT2D eigenvalue weighted by atomic mass is 14.0. The lowest BCUT2D eigenvalue weighted by molar-refractivity contribution is 0.614. The molecular weight excluding hydrogens is 156 g/mol. The van der Waals surface area contributed by atoms with Crippen LogP contribution in [0.25, 0.3) is 0 Å². The zero-order valence-electron chi connectivity index (χ0n) is 9.36. The molecule has 0 nitrogen and oxygen atoms in total. The maximum absolute atomic E-state index is 3.84. The van der Waals surface area contributed by atoms with Crippen molar-refractivity contribution in [1.82, 2.24) is 0 Å². The van der Waals surface area contributed by atoms with Gasteiger partial charge in [0.05, 0.1) is 0 Å². The second-order valence-electron chi connectivity index (χ2n) is 3.84. The largest absolute Gasteiger partial charge is 0.0654 e. The Morgan fingerprint density at radius 1 is 0.846 bits per heavy atom. The molecule has 0 rings (SSSR count). The molecule has 0 aliphatic heterocycles. The van der Waals surface area contributed by atoms with Gasteiger partial charge in [-0.2, -0.15) is 0 Å². The predicted octanol–water partition coefficient (Wildman–Crippen LogP) is 4.95. The quantitative estimate of drug-likeness (QED) is 0.419. The summed E-state index contributed by atoms with van der Waals surface area (Å²) in [6.07, 6.45) is 15.9. The highest BCUT2D eigenvalue weighted by Gasteiger charge is 1.91. The molecule has 0 atom stereocenters. The average Bonchev–Trinajstić information content (AvgIpc) is 2.16. The van der Waals surface area contributed by atoms with Crippen molar-refractivity contribution < 1.29 is 0 Å². The van der Waals surface area contributed by atoms with E-state index >= 15 is 0 Å². The van der Waals surface area contributed by atoms with Gasteiger partial charge in [0.2, 0.25) is 0 Å². The molecule has 0 aromatic carbocycles. The molecule has 0 unspecified atom stereocenters. The van der Waals surface area contributed by atoms with Crippen LogP contribution in [0.15, 0.2) is 0 Å². The minimum atomic E-state index is 1.10. The maximum atomic E-state index is 3.84. The zero-order valence-corrected chi connectivity index (χ0v) is 9.36. The van der Waals surface area contributed by atoms with Gasteiger partial charge < -0.3 is 0 Å². The first-order valence-electron chi connectivity index (χ1n) is 6.02. The van der Waals surface area contributed by atoms with Crippen molar-refractivity contribution >= 4 is 0 Å². The summed E-state index contributed by atoms with van der Waals surface area (Å²) in [5.41, 5.74) is 0. The minimum absolute atomic E-state index is 1.10. The third kappa shape index (κ3) is 12.0. The van der Waals surface area contributed by atoms with Crippen LogP contribution in [0.1, 0.15) is 71.1 Å². The maximum Gasteiger partial charge on any atom is -0.0386 e. The molecule has 13 heavy (non-hydrogen) atoms. The van der Waals surface area contributed by atoms with Gasteiger partial charge in [-0.1, -0.05) is 78.1 Å². The summed E-state index contributed by atoms with van der Waals surface area (Å²) in [6, 6.07) is 0. The molecular formula is C13H26. The molecule has 0 heteroatoms. The van der Waals surface area contributed by atoms with Crippen LogP contribution in [-0.4, -0.2) is 0 Å². The SMILES string of the molecule is [CH2]CCCC[CH]CCCCCCC. The van der Waals surface area contributed by atoms with Gasteiger partial charge in [-0.15, -0.1) is 0 Å². The Balaban J connectivity index is 2.76. The predicted molar refractivity (Wildman–Crippen MR) is 61.5 cm³/mol. The molecule has 78 valence electrons. The van der Waals surface area contributed by atoms with Crippen molar-refractivity contribution in [1.29, 1.82) is 0 Å². The third-order valence-corrected chi connectivity index (χ3v) is 2.42. The molecule has 0 heterocycles. The Morgan fingerprint density at radius 3 is 2.08 bits per heavy atom. The van der Waals surface area contributed by atoms with Crippen LogP contribution in [-0.2, 0) is 0 Å². The van der Waals surface area contributed by atoms with Crippen LogP contribution < -0.4 is 0 Å². The van der Waals surface area contributed by atoms with E-state index in [0.29, 0.717) is 0 Å². The normalized spacial score (nSPS) is 10.6. The Labute approximate surface area is 85.1 Å². The molecule has 0 spiro atoms. The van der Waals surface area contributed by atoms with Crippen LogP contribution in [0.2, 0.25) is 0 Å². The van der Waals surface area contributed by atoms with Gasteiger partial charge in [-0.05, 0) is 6.42 Å². The number of rotatable bonds is 10. The van der Waals surface area contributed by atoms with Crippen LogP contribution in [0.4, 0.5) is 0 Å². The van der Waals surface area contributed by atoms with Gasteiger partial charge in [0.25, 0.3) is 0 Å². The van der Waals surface area contributed by atoms with Crippen LogP contribution in [0.5, 0.6) is 0 Å². The lowest BCUT2D eigenvalue weighted by atomic mass is 10.1. The van der Waals surface area contributed by atoms with Crippen LogP contribution in [0.3, 0.4) is 0 Å². The lowest BCUT2D eigenvalue weighted by Crippen LogP contribution is -1.81. The van der Waals surface area contributed by atoms with E-state index < -0.39 is 0 Å². The monoisotopic (exact) mass is 182 g/mol. The second-order valence-corrected chi connectivity index (χ2v) is 3.84. The van der Waals surface area contributed by atoms with Gasteiger partial charge in [0.15, 0.2) is 0 Å². The molecule has 0 saturated heterocycles. The summed E-state index contributed by atoms with van der Waals surface area (Å²) in [5.74, 6) is 0. The molecule has 0 N–H and O–H groups in total. The highest BCUT2D eigenvalue weighted by molar-refractivity contribution is 4.64. The van der Waals surface area contributed by atoms with E-state index in [-0.39, 0.29) is 0 Å². The first-order chi connectivity index (χ1) is 6.41. The van der Waals surface area contributed by atoms with Crippen molar-refractivity contribution in [2.75, 3.05) is 0 Å². The molecule has 0 fully saturated rings. The topological polar surface area (TPSA) is 0 Å². The number of unbranched alkanes of at least 4 members (excludes halogenated alkanes) is 10. The Morgan fingerprint density at radius 2 is 1.46 bits per heavy atom. The summed E-state index contributed by atoms with van der Waals surface area (Å²) in [4.78, 5) is 0. The Kier molecular flexibility index (Phi) is 12.0. The zero-order chi connectivity index (χ0) is 9.78. The van der Waals surface area contributed by atoms with E-state index in [9.17, 15) is 0 Å². The fourth-order valence-corrected chi connectivity index (χ4v) is 1.50. The van der Waals surface area contributed by atoms with Crippen molar-refractivity contribution in [3.05, 3.63) is 13.3 Å². The summed E-state index contributed by atoms with van der Waals surface area (Å²) in [5, 5.41) is 0. The molecule has 0 aliphatic rings. The van der Waals surface area contributed by atoms with Gasteiger partial charge in [-0.25, -0.2) is 0 Å². The van der Waals surface area contributed by atoms with Gasteiger partial charge >= 0.3 is 0 Å². The first kappa shape index (κ1) is 13.0. The first-order valence-corrected chi connectivity index (χ1v) is 6.02. The molecule has 0 bridgehead atoms. The molecule has 0 saturated carbocycles. The summed E-state index contributed by atoms with van der Waals surface area (Å²) in [7, 11) is 0. The average molecular weight is 182 g/mol. The van der Waals surface area contributed by atoms with E-state index in [1.54, 1.807) is 0 Å². The molecule has 0 aliphatic carbocycles. The summed E-state index contributed by atoms with van der Waals surface area (Å²) in [6.45, 7) is 6.11. The Hall–Kier alpha value is 0. The van der Waals surface area contributed by atoms with E-state index in [1.165, 1.54) is 57.8 Å². The number of hydrogen-bond acceptors (Lipinski definition) is 0. The minimum Gasteiger partial charge on any atom is -0.0654 e. The standard InChI is InChI=1S/C13H26/c1-3-5-7-9-11-13-12-10-8-6-4-2/h11H,1,3-10,12-13H2,2H3. The fourth-order valence-electron chi connectivity index (χ4n) is 1.50. The van der Waals surface area contributed by atoms with Crippen LogP contribution >= 0.6 is 0 Å². The molecule has 0 amide bonds. The highest BCUT2D eigenvalue weighted by Crippen LogP contribution is 2.09. The van der Waals surface area contributed by atoms with E-state index in [0.717, 1.165) is 6.42 Å². The van der Waals surface area contributed by atoms with Crippen LogP contribution in [0, 0.1) is 13.3 Å². The molecule has 2 radical (unpaired) electrons. The van der Waals surface area contributed by atoms with Crippen molar-refractivity contribution in [3.63, 3.8) is 0 Å². The number of hydrogen-bond donors (Lipinski definition) is 0. The third-order valence-electron chi connectivity index (χ3n) is 2.42. The van der Waals surface area contributed by atoms with Crippen molar-refractivity contribution in [2.24, 2.45) is 0 Å². The lowest BCUT2D eigenvalue weighted by Gasteiger charge is -2.00. The molecule has 0 aromatic rings. The Bertz CT molecular complexity index is 66.1. The summed E-state index contributed by atoms with van der Waals surface area (Å²) >= 11 is 0. The van der Waals surface area contributed by atoms with Gasteiger partial charge in [0.1, 0.15) is 0 Å². The van der Waals surface area contributed by atoms with E-state index in [1.807, 2.05) is 0 Å². The van der Waals surface area contributed by atoms with E-state index in [2.05, 4.69) is 20.3 Å². The van der Waals surface area contributed by atoms with Crippen molar-refractivity contribution in [2.45, 2.75) is 71.1 Å². The molecule has 0 aromatic heterocycles. The van der Waals surface area contributed by atoms with E-state index in [4.69, 9.17) is 0 Å². The smallest absolute Gasteiger partial charge is 0.0386 e. The summed E-state index contributed by atoms with van der Waals surface area (Å²) < 4.78 is 0. The second kappa shape index (κ2) is 12.0.